The first-order chi connectivity index (χ1) is 15.3. The van der Waals surface area contributed by atoms with Crippen LogP contribution in [0.15, 0.2) is 35.7 Å². The Kier molecular flexibility index (Phi) is 8.35. The lowest BCUT2D eigenvalue weighted by Gasteiger charge is -2.38. The lowest BCUT2D eigenvalue weighted by Crippen LogP contribution is -2.50. The molecule has 2 amide bonds. The summed E-state index contributed by atoms with van der Waals surface area (Å²) >= 11 is 1.74. The Morgan fingerprint density at radius 1 is 1.22 bits per heavy atom. The van der Waals surface area contributed by atoms with Crippen molar-refractivity contribution in [2.24, 2.45) is 5.92 Å². The van der Waals surface area contributed by atoms with E-state index in [-0.39, 0.29) is 36.4 Å². The van der Waals surface area contributed by atoms with E-state index in [9.17, 15) is 9.59 Å². The second-order valence-corrected chi connectivity index (χ2v) is 10.1. The fourth-order valence-corrected chi connectivity index (χ4v) is 5.10. The first kappa shape index (κ1) is 24.3. The third kappa shape index (κ3) is 5.71. The van der Waals surface area contributed by atoms with Crippen LogP contribution in [-0.4, -0.2) is 47.4 Å². The van der Waals surface area contributed by atoms with E-state index in [0.717, 1.165) is 24.2 Å². The van der Waals surface area contributed by atoms with Gasteiger partial charge in [-0.3, -0.25) is 9.59 Å². The smallest absolute Gasteiger partial charge is 0.242 e. The third-order valence-corrected chi connectivity index (χ3v) is 7.23. The van der Waals surface area contributed by atoms with Crippen LogP contribution in [0.3, 0.4) is 0 Å². The van der Waals surface area contributed by atoms with Crippen LogP contribution in [0.2, 0.25) is 0 Å². The van der Waals surface area contributed by atoms with Gasteiger partial charge in [-0.05, 0) is 61.2 Å². The predicted molar refractivity (Wildman–Crippen MR) is 130 cm³/mol. The second-order valence-electron chi connectivity index (χ2n) is 9.11. The van der Waals surface area contributed by atoms with Crippen molar-refractivity contribution in [1.29, 1.82) is 0 Å². The van der Waals surface area contributed by atoms with Gasteiger partial charge in [0.1, 0.15) is 18.9 Å². The van der Waals surface area contributed by atoms with Gasteiger partial charge in [0.05, 0.1) is 6.04 Å². The molecule has 5 nitrogen and oxygen atoms in total. The Balaban J connectivity index is 1.79. The second kappa shape index (κ2) is 11.0. The van der Waals surface area contributed by atoms with Crippen molar-refractivity contribution in [3.8, 4) is 5.75 Å². The fraction of sp³-hybridized carbons (Fsp3) is 0.538. The SMILES string of the molecule is CC[C@H](C)N(CC(=O)N1CCc2sccc2[C@@H]1COc1ccccc1C)C(=O)CC(C)C. The molecule has 0 saturated carbocycles. The van der Waals surface area contributed by atoms with Crippen molar-refractivity contribution in [3.63, 3.8) is 0 Å². The van der Waals surface area contributed by atoms with Crippen molar-refractivity contribution in [2.45, 2.75) is 66.0 Å². The standard InChI is InChI=1S/C26H36N2O3S/c1-6-20(5)28(25(29)15-18(2)3)16-26(30)27-13-11-24-21(12-14-32-24)22(27)17-31-23-10-8-7-9-19(23)4/h7-10,12,14,18,20,22H,6,11,13,15-17H2,1-5H3/t20-,22-/m0/s1. The zero-order chi connectivity index (χ0) is 23.3. The molecule has 1 aromatic carbocycles. The van der Waals surface area contributed by atoms with Gasteiger partial charge >= 0.3 is 0 Å². The topological polar surface area (TPSA) is 49.9 Å². The number of fused-ring (bicyclic) bond motifs is 1. The summed E-state index contributed by atoms with van der Waals surface area (Å²) in [5.41, 5.74) is 2.25. The zero-order valence-electron chi connectivity index (χ0n) is 20.0. The van der Waals surface area contributed by atoms with Gasteiger partial charge in [-0.1, -0.05) is 39.0 Å². The minimum atomic E-state index is -0.143. The van der Waals surface area contributed by atoms with Gasteiger partial charge in [0.15, 0.2) is 0 Å². The maximum atomic E-state index is 13.5. The van der Waals surface area contributed by atoms with Gasteiger partial charge in [0.25, 0.3) is 0 Å². The van der Waals surface area contributed by atoms with Crippen LogP contribution in [0.25, 0.3) is 0 Å². The van der Waals surface area contributed by atoms with Crippen LogP contribution in [0.5, 0.6) is 5.75 Å². The number of amides is 2. The molecule has 1 aliphatic rings. The first-order valence-electron chi connectivity index (χ1n) is 11.6. The number of nitrogens with zero attached hydrogens (tertiary/aromatic N) is 2. The number of para-hydroxylation sites is 1. The van der Waals surface area contributed by atoms with E-state index >= 15 is 0 Å². The third-order valence-electron chi connectivity index (χ3n) is 6.24. The molecule has 0 aliphatic carbocycles. The lowest BCUT2D eigenvalue weighted by molar-refractivity contribution is -0.144. The minimum absolute atomic E-state index is 0.00219. The van der Waals surface area contributed by atoms with E-state index in [1.807, 2.05) is 56.9 Å². The van der Waals surface area contributed by atoms with Gasteiger partial charge in [0, 0.05) is 23.9 Å². The van der Waals surface area contributed by atoms with E-state index in [0.29, 0.717) is 19.6 Å². The number of hydrogen-bond donors (Lipinski definition) is 0. The van der Waals surface area contributed by atoms with E-state index in [1.54, 1.807) is 16.2 Å². The number of aryl methyl sites for hydroxylation is 1. The van der Waals surface area contributed by atoms with Crippen molar-refractivity contribution in [3.05, 3.63) is 51.7 Å². The monoisotopic (exact) mass is 456 g/mol. The van der Waals surface area contributed by atoms with Crippen LogP contribution >= 0.6 is 11.3 Å². The van der Waals surface area contributed by atoms with E-state index in [1.165, 1.54) is 10.4 Å². The average Bonchev–Trinajstić information content (AvgIpc) is 3.24. The highest BCUT2D eigenvalue weighted by Gasteiger charge is 2.34. The minimum Gasteiger partial charge on any atom is -0.491 e. The molecule has 6 heteroatoms. The quantitative estimate of drug-likeness (QED) is 0.519. The lowest BCUT2D eigenvalue weighted by atomic mass is 10.00. The van der Waals surface area contributed by atoms with Crippen molar-refractivity contribution < 1.29 is 14.3 Å². The molecule has 32 heavy (non-hydrogen) atoms. The fourth-order valence-electron chi connectivity index (χ4n) is 4.17. The summed E-state index contributed by atoms with van der Waals surface area (Å²) in [6, 6.07) is 9.96. The molecule has 0 unspecified atom stereocenters. The summed E-state index contributed by atoms with van der Waals surface area (Å²) < 4.78 is 6.19. The maximum Gasteiger partial charge on any atom is 0.242 e. The number of rotatable bonds is 9. The van der Waals surface area contributed by atoms with Crippen LogP contribution < -0.4 is 4.74 Å². The molecule has 1 aromatic heterocycles. The predicted octanol–water partition coefficient (Wildman–Crippen LogP) is 5.23. The Morgan fingerprint density at radius 3 is 2.66 bits per heavy atom. The molecule has 2 aromatic rings. The van der Waals surface area contributed by atoms with Crippen LogP contribution in [0.4, 0.5) is 0 Å². The van der Waals surface area contributed by atoms with Crippen molar-refractivity contribution in [1.82, 2.24) is 9.80 Å². The van der Waals surface area contributed by atoms with Gasteiger partial charge in [-0.25, -0.2) is 0 Å². The maximum absolute atomic E-state index is 13.5. The molecule has 1 aliphatic heterocycles. The molecule has 0 bridgehead atoms. The number of hydrogen-bond acceptors (Lipinski definition) is 4. The molecule has 174 valence electrons. The average molecular weight is 457 g/mol. The number of carbonyl (C=O) groups excluding carboxylic acids is 2. The summed E-state index contributed by atoms with van der Waals surface area (Å²) in [5, 5.41) is 2.09. The Hall–Kier alpha value is -2.34. The Bertz CT molecular complexity index is 923. The van der Waals surface area contributed by atoms with E-state index in [4.69, 9.17) is 4.74 Å². The molecule has 2 heterocycles. The molecule has 0 spiro atoms. The highest BCUT2D eigenvalue weighted by molar-refractivity contribution is 7.10. The summed E-state index contributed by atoms with van der Waals surface area (Å²) in [4.78, 5) is 31.4. The highest BCUT2D eigenvalue weighted by atomic mass is 32.1. The molecular formula is C26H36N2O3S. The first-order valence-corrected chi connectivity index (χ1v) is 12.5. The van der Waals surface area contributed by atoms with E-state index in [2.05, 4.69) is 18.4 Å². The number of ether oxygens (including phenoxy) is 1. The largest absolute Gasteiger partial charge is 0.491 e. The van der Waals surface area contributed by atoms with Crippen molar-refractivity contribution >= 4 is 23.2 Å². The summed E-state index contributed by atoms with van der Waals surface area (Å²) in [6.45, 7) is 11.4. The van der Waals surface area contributed by atoms with Gasteiger partial charge in [-0.2, -0.15) is 0 Å². The van der Waals surface area contributed by atoms with Gasteiger partial charge in [0.2, 0.25) is 11.8 Å². The molecule has 2 atom stereocenters. The molecular weight excluding hydrogens is 420 g/mol. The summed E-state index contributed by atoms with van der Waals surface area (Å²) in [5.74, 6) is 1.17. The molecule has 0 fully saturated rings. The Labute approximate surface area is 196 Å². The molecule has 0 saturated heterocycles. The normalized spacial score (nSPS) is 16.6. The van der Waals surface area contributed by atoms with Crippen LogP contribution in [-0.2, 0) is 16.0 Å². The molecule has 3 rings (SSSR count). The van der Waals surface area contributed by atoms with Gasteiger partial charge in [-0.15, -0.1) is 11.3 Å². The molecule has 0 N–H and O–H groups in total. The van der Waals surface area contributed by atoms with E-state index < -0.39 is 0 Å². The van der Waals surface area contributed by atoms with Gasteiger partial charge < -0.3 is 14.5 Å². The summed E-state index contributed by atoms with van der Waals surface area (Å²) in [7, 11) is 0. The summed E-state index contributed by atoms with van der Waals surface area (Å²) in [6.07, 6.45) is 2.14. The number of carbonyl (C=O) groups is 2. The molecule has 0 radical (unpaired) electrons. The number of thiophene rings is 1. The van der Waals surface area contributed by atoms with Crippen LogP contribution in [0.1, 0.15) is 62.6 Å². The Morgan fingerprint density at radius 2 is 1.97 bits per heavy atom. The van der Waals surface area contributed by atoms with Crippen LogP contribution in [0, 0.1) is 12.8 Å². The highest BCUT2D eigenvalue weighted by Crippen LogP contribution is 2.34. The number of benzene rings is 1. The zero-order valence-corrected chi connectivity index (χ0v) is 20.8. The van der Waals surface area contributed by atoms with Crippen molar-refractivity contribution in [2.75, 3.05) is 19.7 Å².